The average molecular weight is 274 g/mol. The first-order valence-corrected chi connectivity index (χ1v) is 6.56. The number of para-hydroxylation sites is 2. The van der Waals surface area contributed by atoms with Crippen molar-refractivity contribution in [1.29, 1.82) is 0 Å². The van der Waals surface area contributed by atoms with Gasteiger partial charge in [0.15, 0.2) is 0 Å². The van der Waals surface area contributed by atoms with Crippen molar-refractivity contribution in [2.75, 3.05) is 7.05 Å². The van der Waals surface area contributed by atoms with Crippen LogP contribution in [0.15, 0.2) is 24.3 Å². The number of urea groups is 1. The maximum absolute atomic E-state index is 12.1. The Kier molecular flexibility index (Phi) is 4.02. The summed E-state index contributed by atoms with van der Waals surface area (Å²) in [5.74, 6) is 0.466. The molecule has 0 radical (unpaired) electrons. The molecule has 106 valence electrons. The molecule has 2 N–H and O–H groups in total. The van der Waals surface area contributed by atoms with Crippen LogP contribution in [-0.4, -0.2) is 28.5 Å². The van der Waals surface area contributed by atoms with Gasteiger partial charge < -0.3 is 9.88 Å². The van der Waals surface area contributed by atoms with Gasteiger partial charge in [-0.3, -0.25) is 10.1 Å². The lowest BCUT2D eigenvalue weighted by Gasteiger charge is -2.16. The third-order valence-electron chi connectivity index (χ3n) is 3.22. The number of amides is 3. The summed E-state index contributed by atoms with van der Waals surface area (Å²) >= 11 is 0. The van der Waals surface area contributed by atoms with E-state index in [1.165, 1.54) is 7.05 Å². The number of carbonyl (C=O) groups is 2. The van der Waals surface area contributed by atoms with Crippen molar-refractivity contribution in [1.82, 2.24) is 20.2 Å². The third-order valence-corrected chi connectivity index (χ3v) is 3.22. The number of carbonyl (C=O) groups excluding carboxylic acids is 2. The summed E-state index contributed by atoms with van der Waals surface area (Å²) in [4.78, 5) is 27.9. The Morgan fingerprint density at radius 3 is 2.70 bits per heavy atom. The highest BCUT2D eigenvalue weighted by Crippen LogP contribution is 2.21. The molecule has 2 rings (SSSR count). The second-order valence-corrected chi connectivity index (χ2v) is 4.48. The summed E-state index contributed by atoms with van der Waals surface area (Å²) in [5, 5.41) is 4.66. The van der Waals surface area contributed by atoms with Crippen LogP contribution in [0.25, 0.3) is 11.0 Å². The fourth-order valence-electron chi connectivity index (χ4n) is 2.17. The molecule has 6 nitrogen and oxygen atoms in total. The monoisotopic (exact) mass is 274 g/mol. The number of hydrogen-bond donors (Lipinski definition) is 2. The highest BCUT2D eigenvalue weighted by molar-refractivity contribution is 5.96. The van der Waals surface area contributed by atoms with Gasteiger partial charge in [0.05, 0.1) is 11.0 Å². The second kappa shape index (κ2) is 5.73. The van der Waals surface area contributed by atoms with E-state index in [2.05, 4.69) is 15.6 Å². The Labute approximate surface area is 117 Å². The number of aryl methyl sites for hydroxylation is 1. The first kappa shape index (κ1) is 14.0. The molecule has 1 atom stereocenters. The van der Waals surface area contributed by atoms with Crippen LogP contribution in [0.1, 0.15) is 25.7 Å². The molecule has 1 aromatic carbocycles. The fourth-order valence-corrected chi connectivity index (χ4v) is 2.17. The van der Waals surface area contributed by atoms with Gasteiger partial charge in [0.1, 0.15) is 11.9 Å². The van der Waals surface area contributed by atoms with E-state index in [1.54, 1.807) is 6.92 Å². The molecule has 0 saturated carbocycles. The van der Waals surface area contributed by atoms with Gasteiger partial charge in [-0.05, 0) is 19.1 Å². The molecule has 6 heteroatoms. The number of benzene rings is 1. The summed E-state index contributed by atoms with van der Waals surface area (Å²) in [6, 6.07) is 6.64. The normalized spacial score (nSPS) is 12.2. The molecule has 1 unspecified atom stereocenters. The van der Waals surface area contributed by atoms with Crippen molar-refractivity contribution in [3.8, 4) is 0 Å². The molecule has 0 saturated heterocycles. The lowest BCUT2D eigenvalue weighted by atomic mass is 10.2. The SMILES string of the molecule is CCc1nc2ccccc2n1C(C)C(=O)NC(=O)NC. The lowest BCUT2D eigenvalue weighted by molar-refractivity contribution is -0.122. The molecule has 20 heavy (non-hydrogen) atoms. The van der Waals surface area contributed by atoms with Crippen molar-refractivity contribution in [2.45, 2.75) is 26.3 Å². The van der Waals surface area contributed by atoms with Gasteiger partial charge in [0.25, 0.3) is 5.91 Å². The molecular weight excluding hydrogens is 256 g/mol. The molecule has 0 spiro atoms. The van der Waals surface area contributed by atoms with Crippen LogP contribution in [0, 0.1) is 0 Å². The molecule has 1 aromatic heterocycles. The Balaban J connectivity index is 2.40. The van der Waals surface area contributed by atoms with Gasteiger partial charge in [-0.2, -0.15) is 0 Å². The van der Waals surface area contributed by atoms with E-state index < -0.39 is 12.1 Å². The highest BCUT2D eigenvalue weighted by atomic mass is 16.2. The highest BCUT2D eigenvalue weighted by Gasteiger charge is 2.21. The van der Waals surface area contributed by atoms with E-state index in [-0.39, 0.29) is 5.91 Å². The van der Waals surface area contributed by atoms with E-state index in [0.29, 0.717) is 6.42 Å². The number of nitrogens with one attached hydrogen (secondary N) is 2. The van der Waals surface area contributed by atoms with Crippen LogP contribution in [0.2, 0.25) is 0 Å². The van der Waals surface area contributed by atoms with Crippen LogP contribution in [-0.2, 0) is 11.2 Å². The summed E-state index contributed by atoms with van der Waals surface area (Å²) in [7, 11) is 1.47. The first-order valence-electron chi connectivity index (χ1n) is 6.56. The van der Waals surface area contributed by atoms with Crippen LogP contribution >= 0.6 is 0 Å². The molecule has 0 aliphatic rings. The van der Waals surface area contributed by atoms with Crippen LogP contribution in [0.5, 0.6) is 0 Å². The van der Waals surface area contributed by atoms with Crippen molar-refractivity contribution in [3.05, 3.63) is 30.1 Å². The van der Waals surface area contributed by atoms with E-state index in [0.717, 1.165) is 16.9 Å². The van der Waals surface area contributed by atoms with Crippen LogP contribution < -0.4 is 10.6 Å². The van der Waals surface area contributed by atoms with E-state index in [4.69, 9.17) is 0 Å². The molecular formula is C14H18N4O2. The van der Waals surface area contributed by atoms with Gasteiger partial charge in [-0.25, -0.2) is 9.78 Å². The molecule has 1 heterocycles. The number of fused-ring (bicyclic) bond motifs is 1. The second-order valence-electron chi connectivity index (χ2n) is 4.48. The molecule has 0 aliphatic carbocycles. The van der Waals surface area contributed by atoms with Gasteiger partial charge in [-0.1, -0.05) is 19.1 Å². The Hall–Kier alpha value is -2.37. The largest absolute Gasteiger partial charge is 0.341 e. The number of imidazole rings is 1. The minimum absolute atomic E-state index is 0.359. The zero-order chi connectivity index (χ0) is 14.7. The van der Waals surface area contributed by atoms with Crippen molar-refractivity contribution >= 4 is 23.0 Å². The van der Waals surface area contributed by atoms with Gasteiger partial charge in [0, 0.05) is 13.5 Å². The fraction of sp³-hybridized carbons (Fsp3) is 0.357. The van der Waals surface area contributed by atoms with Crippen molar-refractivity contribution < 1.29 is 9.59 Å². The van der Waals surface area contributed by atoms with Gasteiger partial charge in [0.2, 0.25) is 0 Å². The predicted molar refractivity (Wildman–Crippen MR) is 76.4 cm³/mol. The minimum atomic E-state index is -0.510. The predicted octanol–water partition coefficient (Wildman–Crippen LogP) is 1.62. The zero-order valence-corrected chi connectivity index (χ0v) is 11.8. The third kappa shape index (κ3) is 2.49. The smallest absolute Gasteiger partial charge is 0.321 e. The quantitative estimate of drug-likeness (QED) is 0.893. The minimum Gasteiger partial charge on any atom is -0.341 e. The number of aromatic nitrogens is 2. The standard InChI is InChI=1S/C14H18N4O2/c1-4-12-16-10-7-5-6-8-11(10)18(12)9(2)13(19)17-14(20)15-3/h5-9H,4H2,1-3H3,(H2,15,17,19,20). The topological polar surface area (TPSA) is 76.0 Å². The molecule has 0 fully saturated rings. The molecule has 3 amide bonds. The van der Waals surface area contributed by atoms with E-state index >= 15 is 0 Å². The van der Waals surface area contributed by atoms with E-state index in [9.17, 15) is 9.59 Å². The average Bonchev–Trinajstić information content (AvgIpc) is 2.84. The van der Waals surface area contributed by atoms with Crippen LogP contribution in [0.4, 0.5) is 4.79 Å². The van der Waals surface area contributed by atoms with Crippen molar-refractivity contribution in [3.63, 3.8) is 0 Å². The number of rotatable bonds is 3. The van der Waals surface area contributed by atoms with Gasteiger partial charge >= 0.3 is 6.03 Å². The maximum Gasteiger partial charge on any atom is 0.321 e. The van der Waals surface area contributed by atoms with Crippen LogP contribution in [0.3, 0.4) is 0 Å². The first-order chi connectivity index (χ1) is 9.58. The summed E-state index contributed by atoms with van der Waals surface area (Å²) in [6.07, 6.45) is 0.715. The Morgan fingerprint density at radius 2 is 2.05 bits per heavy atom. The number of imide groups is 1. The molecule has 2 aromatic rings. The van der Waals surface area contributed by atoms with Gasteiger partial charge in [-0.15, -0.1) is 0 Å². The van der Waals surface area contributed by atoms with E-state index in [1.807, 2.05) is 35.8 Å². The van der Waals surface area contributed by atoms with Crippen molar-refractivity contribution in [2.24, 2.45) is 0 Å². The maximum atomic E-state index is 12.1. The molecule has 0 aliphatic heterocycles. The molecule has 0 bridgehead atoms. The Morgan fingerprint density at radius 1 is 1.35 bits per heavy atom. The summed E-state index contributed by atoms with van der Waals surface area (Å²) in [5.41, 5.74) is 1.74. The summed E-state index contributed by atoms with van der Waals surface area (Å²) < 4.78 is 1.87. The number of nitrogens with zero attached hydrogens (tertiary/aromatic N) is 2. The summed E-state index contributed by atoms with van der Waals surface area (Å²) in [6.45, 7) is 3.74. The lowest BCUT2D eigenvalue weighted by Crippen LogP contribution is -2.41. The number of hydrogen-bond acceptors (Lipinski definition) is 3. The zero-order valence-electron chi connectivity index (χ0n) is 11.8. The Bertz CT molecular complexity index is 648.